The Bertz CT molecular complexity index is 1810. The van der Waals surface area contributed by atoms with E-state index in [-0.39, 0.29) is 72.9 Å². The molecule has 15 nitrogen and oxygen atoms in total. The minimum atomic E-state index is -0.957. The number of aromatic nitrogens is 1. The van der Waals surface area contributed by atoms with Crippen LogP contribution in [-0.4, -0.2) is 150 Å². The van der Waals surface area contributed by atoms with Crippen LogP contribution in [0.5, 0.6) is 0 Å². The molecule has 0 bridgehead atoms. The van der Waals surface area contributed by atoms with Gasteiger partial charge in [0.1, 0.15) is 11.6 Å². The molecule has 1 aliphatic heterocycles. The normalized spacial score (nSPS) is 18.5. The first-order chi connectivity index (χ1) is 30.0. The summed E-state index contributed by atoms with van der Waals surface area (Å²) < 4.78 is 18.0. The number of amides is 3. The molecule has 0 unspecified atom stereocenters. The van der Waals surface area contributed by atoms with Crippen LogP contribution in [0, 0.1) is 23.7 Å². The lowest BCUT2D eigenvalue weighted by Gasteiger charge is -2.41. The molecular formula is C49H82N6O9. The SMILES string of the molecule is CC[C@H](C)[C@@H]([C@@H](CC(=O)N1CCC[C@H]1[C@H](OC)[C@@H](C)C(=O)N[C@@H](Cc1c[nH]c2ccccc12)C(=O)OC(C)(C)C)OC)N(C)C[C@@H](NC(=O)[C@H](C(C)C)N(C)CCCC(=O)O)C(C)C. The Morgan fingerprint density at radius 1 is 0.938 bits per heavy atom. The Hall–Kier alpha value is -4.05. The minimum absolute atomic E-state index is 0.00624. The highest BCUT2D eigenvalue weighted by atomic mass is 16.6. The number of aliphatic carboxylic acids is 1. The number of likely N-dealkylation sites (tertiary alicyclic amines) is 1. The van der Waals surface area contributed by atoms with Gasteiger partial charge < -0.3 is 39.8 Å². The molecule has 0 spiro atoms. The number of ether oxygens (including phenoxy) is 3. The molecule has 0 saturated carbocycles. The van der Waals surface area contributed by atoms with Gasteiger partial charge in [0.05, 0.1) is 36.6 Å². The number of likely N-dealkylation sites (N-methyl/N-ethyl adjacent to an activating group) is 2. The molecule has 1 aromatic heterocycles. The third-order valence-electron chi connectivity index (χ3n) is 13.0. The fourth-order valence-corrected chi connectivity index (χ4v) is 9.39. The average molecular weight is 899 g/mol. The molecule has 3 rings (SSSR count). The highest BCUT2D eigenvalue weighted by molar-refractivity contribution is 5.88. The number of carboxylic acids is 1. The zero-order valence-electron chi connectivity index (χ0n) is 41.4. The van der Waals surface area contributed by atoms with Gasteiger partial charge >= 0.3 is 11.9 Å². The second-order valence-corrected chi connectivity index (χ2v) is 19.8. The summed E-state index contributed by atoms with van der Waals surface area (Å²) in [6, 6.07) is 5.67. The smallest absolute Gasteiger partial charge is 0.329 e. The van der Waals surface area contributed by atoms with E-state index in [4.69, 9.17) is 19.3 Å². The number of nitrogens with one attached hydrogen (secondary N) is 3. The van der Waals surface area contributed by atoms with Crippen molar-refractivity contribution in [2.45, 2.75) is 162 Å². The van der Waals surface area contributed by atoms with Crippen LogP contribution >= 0.6 is 0 Å². The van der Waals surface area contributed by atoms with Gasteiger partial charge in [0.15, 0.2) is 0 Å². The monoisotopic (exact) mass is 899 g/mol. The van der Waals surface area contributed by atoms with Crippen LogP contribution < -0.4 is 10.6 Å². The summed E-state index contributed by atoms with van der Waals surface area (Å²) in [6.07, 6.45) is 3.82. The van der Waals surface area contributed by atoms with Crippen LogP contribution in [0.2, 0.25) is 0 Å². The molecule has 2 heterocycles. The Morgan fingerprint density at radius 3 is 2.19 bits per heavy atom. The van der Waals surface area contributed by atoms with Crippen molar-refractivity contribution in [3.05, 3.63) is 36.0 Å². The maximum Gasteiger partial charge on any atom is 0.329 e. The molecule has 3 amide bonds. The molecular weight excluding hydrogens is 817 g/mol. The summed E-state index contributed by atoms with van der Waals surface area (Å²) in [5, 5.41) is 16.4. The number of carbonyl (C=O) groups is 5. The zero-order valence-corrected chi connectivity index (χ0v) is 41.4. The van der Waals surface area contributed by atoms with Gasteiger partial charge in [0.25, 0.3) is 0 Å². The fraction of sp³-hybridized carbons (Fsp3) is 0.735. The molecule has 1 aliphatic rings. The summed E-state index contributed by atoms with van der Waals surface area (Å²) in [5.41, 5.74) is 1.05. The number of hydrogen-bond acceptors (Lipinski definition) is 10. The molecule has 0 aliphatic carbocycles. The number of fused-ring (bicyclic) bond motifs is 1. The number of methoxy groups -OCH3 is 2. The van der Waals surface area contributed by atoms with Crippen LogP contribution in [0.4, 0.5) is 0 Å². The van der Waals surface area contributed by atoms with Crippen molar-refractivity contribution in [2.75, 3.05) is 47.9 Å². The summed E-state index contributed by atoms with van der Waals surface area (Å²) in [4.78, 5) is 76.5. The average Bonchev–Trinajstić information content (AvgIpc) is 3.87. The molecule has 2 aromatic rings. The van der Waals surface area contributed by atoms with E-state index in [0.717, 1.165) is 29.3 Å². The van der Waals surface area contributed by atoms with Crippen molar-refractivity contribution in [3.8, 4) is 0 Å². The number of nitrogens with zero attached hydrogens (tertiary/aromatic N) is 3. The second-order valence-electron chi connectivity index (χ2n) is 19.8. The number of carboxylic acid groups (broad SMARTS) is 1. The zero-order chi connectivity index (χ0) is 48.1. The molecule has 0 radical (unpaired) electrons. The van der Waals surface area contributed by atoms with Gasteiger partial charge in [-0.15, -0.1) is 0 Å². The number of para-hydroxylation sites is 1. The predicted molar refractivity (Wildman–Crippen MR) is 251 cm³/mol. The first-order valence-corrected chi connectivity index (χ1v) is 23.4. The van der Waals surface area contributed by atoms with Gasteiger partial charge in [-0.3, -0.25) is 29.0 Å². The van der Waals surface area contributed by atoms with Crippen molar-refractivity contribution in [3.63, 3.8) is 0 Å². The fourth-order valence-electron chi connectivity index (χ4n) is 9.39. The molecule has 4 N–H and O–H groups in total. The van der Waals surface area contributed by atoms with Crippen LogP contribution in [-0.2, 0) is 44.6 Å². The van der Waals surface area contributed by atoms with Gasteiger partial charge in [-0.05, 0) is 90.1 Å². The molecule has 1 aromatic carbocycles. The first kappa shape index (κ1) is 54.3. The topological polar surface area (TPSA) is 183 Å². The first-order valence-electron chi connectivity index (χ1n) is 23.4. The Morgan fingerprint density at radius 2 is 1.61 bits per heavy atom. The molecule has 362 valence electrons. The van der Waals surface area contributed by atoms with E-state index in [1.807, 2.05) is 68.2 Å². The lowest BCUT2D eigenvalue weighted by Crippen LogP contribution is -2.57. The van der Waals surface area contributed by atoms with Crippen LogP contribution in [0.15, 0.2) is 30.5 Å². The van der Waals surface area contributed by atoms with Crippen LogP contribution in [0.1, 0.15) is 113 Å². The third-order valence-corrected chi connectivity index (χ3v) is 13.0. The van der Waals surface area contributed by atoms with Gasteiger partial charge in [-0.25, -0.2) is 4.79 Å². The van der Waals surface area contributed by atoms with E-state index >= 15 is 0 Å². The van der Waals surface area contributed by atoms with Gasteiger partial charge in [-0.1, -0.05) is 73.1 Å². The molecule has 15 heteroatoms. The van der Waals surface area contributed by atoms with Crippen molar-refractivity contribution in [1.29, 1.82) is 0 Å². The summed E-state index contributed by atoms with van der Waals surface area (Å²) in [5.74, 6) is -2.40. The molecule has 1 saturated heterocycles. The number of hydrogen-bond donors (Lipinski definition) is 4. The second kappa shape index (κ2) is 25.0. The number of carbonyl (C=O) groups excluding carboxylic acids is 4. The standard InChI is InChI=1S/C49H82N6O9/c1-15-32(6)44(54(12)29-38(30(2)3)52-47(60)43(31(4)5)53(11)24-19-23-42(57)58)40(62-13)27-41(56)55-25-18-22-39(55)45(63-14)33(7)46(59)51-37(48(61)64-49(8,9)10)26-34-28-50-36-21-17-16-20-35(34)36/h16-17,20-21,28,30-33,37-40,43-45,50H,15,18-19,22-27,29H2,1-14H3,(H,51,59)(H,52,60)(H,57,58)/t32-,33+,37-,38+,39-,40+,43-,44-,45+/m0/s1. The van der Waals surface area contributed by atoms with E-state index in [1.54, 1.807) is 41.9 Å². The molecule has 1 fully saturated rings. The van der Waals surface area contributed by atoms with Crippen LogP contribution in [0.3, 0.4) is 0 Å². The van der Waals surface area contributed by atoms with Crippen molar-refractivity contribution in [2.24, 2.45) is 23.7 Å². The predicted octanol–water partition coefficient (Wildman–Crippen LogP) is 5.89. The van der Waals surface area contributed by atoms with Crippen molar-refractivity contribution < 1.29 is 43.3 Å². The Labute approximate surface area is 383 Å². The van der Waals surface area contributed by atoms with Crippen molar-refractivity contribution in [1.82, 2.24) is 30.3 Å². The van der Waals surface area contributed by atoms with Gasteiger partial charge in [0, 0.05) is 69.3 Å². The maximum absolute atomic E-state index is 14.5. The Kier molecular flexibility index (Phi) is 21.2. The highest BCUT2D eigenvalue weighted by Crippen LogP contribution is 2.30. The number of rotatable bonds is 26. The quantitative estimate of drug-likeness (QED) is 0.0827. The van der Waals surface area contributed by atoms with E-state index < -0.39 is 47.7 Å². The number of H-pyrrole nitrogens is 1. The van der Waals surface area contributed by atoms with Crippen molar-refractivity contribution >= 4 is 40.6 Å². The van der Waals surface area contributed by atoms with E-state index in [9.17, 15) is 24.0 Å². The largest absolute Gasteiger partial charge is 0.481 e. The summed E-state index contributed by atoms with van der Waals surface area (Å²) in [7, 11) is 7.09. The lowest BCUT2D eigenvalue weighted by atomic mass is 9.89. The van der Waals surface area contributed by atoms with E-state index in [2.05, 4.69) is 48.2 Å². The number of esters is 1. The minimum Gasteiger partial charge on any atom is -0.481 e. The highest BCUT2D eigenvalue weighted by Gasteiger charge is 2.43. The summed E-state index contributed by atoms with van der Waals surface area (Å²) >= 11 is 0. The van der Waals surface area contributed by atoms with E-state index in [1.165, 1.54) is 0 Å². The molecule has 9 atom stereocenters. The number of benzene rings is 1. The third kappa shape index (κ3) is 15.3. The van der Waals surface area contributed by atoms with Crippen LogP contribution in [0.25, 0.3) is 10.9 Å². The maximum atomic E-state index is 14.5. The van der Waals surface area contributed by atoms with E-state index in [0.29, 0.717) is 32.5 Å². The van der Waals surface area contributed by atoms with Gasteiger partial charge in [0.2, 0.25) is 17.7 Å². The Balaban J connectivity index is 1.78. The summed E-state index contributed by atoms with van der Waals surface area (Å²) in [6.45, 7) is 21.1. The lowest BCUT2D eigenvalue weighted by molar-refractivity contribution is -0.159. The molecule has 64 heavy (non-hydrogen) atoms. The van der Waals surface area contributed by atoms with Gasteiger partial charge in [-0.2, -0.15) is 0 Å². The number of aromatic amines is 1.